The van der Waals surface area contributed by atoms with Crippen molar-refractivity contribution in [2.45, 2.75) is 6.18 Å². The average Bonchev–Trinajstić information content (AvgIpc) is 2.48. The lowest BCUT2D eigenvalue weighted by Crippen LogP contribution is -2.04. The van der Waals surface area contributed by atoms with Crippen LogP contribution in [0, 0.1) is 6.07 Å². The number of fused-ring (bicyclic) bond motifs is 1. The fraction of sp³-hybridized carbons (Fsp3) is 0.111. The first-order valence-corrected chi connectivity index (χ1v) is 4.41. The van der Waals surface area contributed by atoms with Crippen LogP contribution in [-0.4, -0.2) is 0 Å². The maximum Gasteiger partial charge on any atom is 0.417 e. The van der Waals surface area contributed by atoms with E-state index in [0.29, 0.717) is 4.70 Å². The molecule has 0 amide bonds. The molecule has 67 valence electrons. The van der Waals surface area contributed by atoms with E-state index < -0.39 is 11.7 Å². The van der Waals surface area contributed by atoms with Crippen molar-refractivity contribution in [3.05, 3.63) is 35.2 Å². The minimum atomic E-state index is -4.28. The monoisotopic (exact) mass is 201 g/mol. The predicted molar refractivity (Wildman–Crippen MR) is 45.7 cm³/mol. The van der Waals surface area contributed by atoms with Crippen LogP contribution in [0.4, 0.5) is 13.2 Å². The van der Waals surface area contributed by atoms with Crippen LogP contribution in [0.1, 0.15) is 5.56 Å². The summed E-state index contributed by atoms with van der Waals surface area (Å²) >= 11 is 1.29. The molecule has 0 unspecified atom stereocenters. The molecule has 0 saturated heterocycles. The highest BCUT2D eigenvalue weighted by Crippen LogP contribution is 2.36. The van der Waals surface area contributed by atoms with E-state index in [2.05, 4.69) is 6.07 Å². The molecule has 0 bridgehead atoms. The number of hydrogen-bond acceptors (Lipinski definition) is 1. The maximum absolute atomic E-state index is 12.4. The molecule has 0 aliphatic rings. The highest BCUT2D eigenvalue weighted by molar-refractivity contribution is 7.17. The molecule has 0 N–H and O–H groups in total. The highest BCUT2D eigenvalue weighted by Gasteiger charge is 2.32. The molecule has 1 heterocycles. The SMILES string of the molecule is FC(F)(F)c1c[c]cc2sccc12. The van der Waals surface area contributed by atoms with Gasteiger partial charge >= 0.3 is 6.18 Å². The van der Waals surface area contributed by atoms with Crippen LogP contribution in [-0.2, 0) is 6.18 Å². The predicted octanol–water partition coefficient (Wildman–Crippen LogP) is 3.72. The zero-order valence-corrected chi connectivity index (χ0v) is 7.17. The number of benzene rings is 1. The normalized spacial score (nSPS) is 12.2. The summed E-state index contributed by atoms with van der Waals surface area (Å²) in [5, 5.41) is 1.91. The van der Waals surface area contributed by atoms with E-state index in [9.17, 15) is 13.2 Å². The van der Waals surface area contributed by atoms with E-state index in [1.165, 1.54) is 17.4 Å². The van der Waals surface area contributed by atoms with Gasteiger partial charge in [-0.1, -0.05) is 0 Å². The van der Waals surface area contributed by atoms with Crippen molar-refractivity contribution in [3.8, 4) is 0 Å². The molecule has 13 heavy (non-hydrogen) atoms. The van der Waals surface area contributed by atoms with Gasteiger partial charge in [0.1, 0.15) is 0 Å². The summed E-state index contributed by atoms with van der Waals surface area (Å²) in [6.07, 6.45) is -4.28. The Kier molecular flexibility index (Phi) is 1.80. The zero-order chi connectivity index (χ0) is 9.47. The third-order valence-electron chi connectivity index (χ3n) is 1.73. The second-order valence-corrected chi connectivity index (χ2v) is 3.51. The lowest BCUT2D eigenvalue weighted by Gasteiger charge is -2.06. The highest BCUT2D eigenvalue weighted by atomic mass is 32.1. The van der Waals surface area contributed by atoms with E-state index in [-0.39, 0.29) is 5.39 Å². The summed E-state index contributed by atoms with van der Waals surface area (Å²) in [6.45, 7) is 0. The lowest BCUT2D eigenvalue weighted by atomic mass is 10.1. The van der Waals surface area contributed by atoms with Gasteiger partial charge in [0.05, 0.1) is 5.56 Å². The maximum atomic E-state index is 12.4. The molecule has 1 aromatic carbocycles. The van der Waals surface area contributed by atoms with Crippen LogP contribution < -0.4 is 0 Å². The number of thiophene rings is 1. The Morgan fingerprint density at radius 2 is 2.00 bits per heavy atom. The van der Waals surface area contributed by atoms with E-state index in [1.807, 2.05) is 0 Å². The Morgan fingerprint density at radius 3 is 2.69 bits per heavy atom. The molecule has 2 rings (SSSR count). The standard InChI is InChI=1S/C9H4F3S/c10-9(11,12)7-2-1-3-8-6(7)4-5-13-8/h2-5H. The van der Waals surface area contributed by atoms with Gasteiger partial charge in [0.15, 0.2) is 0 Å². The molecule has 0 fully saturated rings. The van der Waals surface area contributed by atoms with Crippen LogP contribution in [0.3, 0.4) is 0 Å². The summed E-state index contributed by atoms with van der Waals surface area (Å²) in [7, 11) is 0. The largest absolute Gasteiger partial charge is 0.417 e. The number of halogens is 3. The Morgan fingerprint density at radius 1 is 1.23 bits per heavy atom. The Bertz CT molecular complexity index is 428. The van der Waals surface area contributed by atoms with Gasteiger partial charge in [-0.05, 0) is 29.6 Å². The van der Waals surface area contributed by atoms with Crippen molar-refractivity contribution >= 4 is 21.4 Å². The molecule has 0 nitrogen and oxygen atoms in total. The summed E-state index contributed by atoms with van der Waals surface area (Å²) in [5.74, 6) is 0. The Hall–Kier alpha value is -1.03. The molecule has 2 aromatic rings. The lowest BCUT2D eigenvalue weighted by molar-refractivity contribution is -0.136. The van der Waals surface area contributed by atoms with Gasteiger partial charge in [-0.25, -0.2) is 0 Å². The van der Waals surface area contributed by atoms with Gasteiger partial charge in [-0.3, -0.25) is 0 Å². The van der Waals surface area contributed by atoms with Crippen molar-refractivity contribution < 1.29 is 13.2 Å². The first-order valence-electron chi connectivity index (χ1n) is 3.53. The Balaban J connectivity index is 2.75. The van der Waals surface area contributed by atoms with Crippen molar-refractivity contribution in [3.63, 3.8) is 0 Å². The second-order valence-electron chi connectivity index (χ2n) is 2.57. The van der Waals surface area contributed by atoms with Gasteiger partial charge in [-0.2, -0.15) is 13.2 Å². The minimum absolute atomic E-state index is 0.260. The summed E-state index contributed by atoms with van der Waals surface area (Å²) < 4.78 is 37.8. The van der Waals surface area contributed by atoms with Gasteiger partial charge in [-0.15, -0.1) is 11.3 Å². The molecular formula is C9H4F3S. The molecule has 0 aliphatic carbocycles. The molecule has 0 atom stereocenters. The molecule has 4 heteroatoms. The van der Waals surface area contributed by atoms with E-state index in [4.69, 9.17) is 0 Å². The molecule has 1 aromatic heterocycles. The van der Waals surface area contributed by atoms with Crippen LogP contribution in [0.2, 0.25) is 0 Å². The summed E-state index contributed by atoms with van der Waals surface area (Å²) in [4.78, 5) is 0. The first kappa shape index (κ1) is 8.56. The molecule has 1 radical (unpaired) electrons. The topological polar surface area (TPSA) is 0 Å². The Labute approximate surface area is 76.6 Å². The van der Waals surface area contributed by atoms with Crippen LogP contribution in [0.25, 0.3) is 10.1 Å². The first-order chi connectivity index (χ1) is 6.09. The van der Waals surface area contributed by atoms with E-state index in [0.717, 1.165) is 6.07 Å². The molecular weight excluding hydrogens is 197 g/mol. The number of hydrogen-bond donors (Lipinski definition) is 0. The van der Waals surface area contributed by atoms with Crippen LogP contribution >= 0.6 is 11.3 Å². The smallest absolute Gasteiger partial charge is 0.166 e. The third-order valence-corrected chi connectivity index (χ3v) is 2.60. The van der Waals surface area contributed by atoms with Crippen molar-refractivity contribution in [1.82, 2.24) is 0 Å². The molecule has 0 saturated carbocycles. The summed E-state index contributed by atoms with van der Waals surface area (Å²) in [5.41, 5.74) is -0.605. The van der Waals surface area contributed by atoms with Crippen molar-refractivity contribution in [1.29, 1.82) is 0 Å². The van der Waals surface area contributed by atoms with Gasteiger partial charge in [0, 0.05) is 10.1 Å². The van der Waals surface area contributed by atoms with Gasteiger partial charge in [0.25, 0.3) is 0 Å². The van der Waals surface area contributed by atoms with Crippen LogP contribution in [0.5, 0.6) is 0 Å². The number of alkyl halides is 3. The second kappa shape index (κ2) is 2.73. The molecule has 0 spiro atoms. The average molecular weight is 201 g/mol. The minimum Gasteiger partial charge on any atom is -0.166 e. The quantitative estimate of drug-likeness (QED) is 0.609. The summed E-state index contributed by atoms with van der Waals surface area (Å²) in [6, 6.07) is 6.52. The zero-order valence-electron chi connectivity index (χ0n) is 6.35. The van der Waals surface area contributed by atoms with E-state index in [1.54, 1.807) is 11.4 Å². The van der Waals surface area contributed by atoms with Crippen molar-refractivity contribution in [2.75, 3.05) is 0 Å². The fourth-order valence-electron chi connectivity index (χ4n) is 1.17. The van der Waals surface area contributed by atoms with Crippen molar-refractivity contribution in [2.24, 2.45) is 0 Å². The van der Waals surface area contributed by atoms with Crippen LogP contribution in [0.15, 0.2) is 23.6 Å². The van der Waals surface area contributed by atoms with E-state index >= 15 is 0 Å². The van der Waals surface area contributed by atoms with Gasteiger partial charge in [0.2, 0.25) is 0 Å². The van der Waals surface area contributed by atoms with Gasteiger partial charge < -0.3 is 0 Å². The molecule has 0 aliphatic heterocycles. The third kappa shape index (κ3) is 1.42. The fourth-order valence-corrected chi connectivity index (χ4v) is 1.96. The number of rotatable bonds is 0.